The van der Waals surface area contributed by atoms with Gasteiger partial charge < -0.3 is 15.3 Å². The Labute approximate surface area is 132 Å². The summed E-state index contributed by atoms with van der Waals surface area (Å²) in [6.07, 6.45) is 0.752. The largest absolute Gasteiger partial charge is 0.374 e. The lowest BCUT2D eigenvalue weighted by molar-refractivity contribution is -0.410. The molecule has 118 valence electrons. The van der Waals surface area contributed by atoms with Crippen LogP contribution >= 0.6 is 11.8 Å². The molecule has 0 fully saturated rings. The minimum atomic E-state index is -0.566. The standard InChI is InChI=1S/C13H17N5O3S/c1-3-17(9(2)19)11-6-4-10(5-7-11)15-16-13-14-8-12(22-13)18(20)21/h4-9,13-14,19H,3H2,1-2H3. The van der Waals surface area contributed by atoms with Gasteiger partial charge in [-0.2, -0.15) is 10.2 Å². The quantitative estimate of drug-likeness (QED) is 0.361. The van der Waals surface area contributed by atoms with Crippen molar-refractivity contribution >= 4 is 23.1 Å². The van der Waals surface area contributed by atoms with Crippen LogP contribution in [-0.4, -0.2) is 28.3 Å². The van der Waals surface area contributed by atoms with Gasteiger partial charge in [0.2, 0.25) is 0 Å². The molecule has 0 bridgehead atoms. The van der Waals surface area contributed by atoms with Crippen LogP contribution in [0.25, 0.3) is 0 Å². The van der Waals surface area contributed by atoms with E-state index in [2.05, 4.69) is 15.5 Å². The first-order valence-electron chi connectivity index (χ1n) is 6.74. The number of aliphatic hydroxyl groups is 1. The molecule has 0 aliphatic carbocycles. The monoisotopic (exact) mass is 323 g/mol. The Morgan fingerprint density at radius 2 is 2.18 bits per heavy atom. The lowest BCUT2D eigenvalue weighted by atomic mass is 10.2. The van der Waals surface area contributed by atoms with Crippen LogP contribution in [0.2, 0.25) is 0 Å². The van der Waals surface area contributed by atoms with Gasteiger partial charge in [0, 0.05) is 24.0 Å². The van der Waals surface area contributed by atoms with Gasteiger partial charge >= 0.3 is 5.03 Å². The summed E-state index contributed by atoms with van der Waals surface area (Å²) in [5, 5.41) is 31.1. The highest BCUT2D eigenvalue weighted by atomic mass is 32.2. The van der Waals surface area contributed by atoms with Gasteiger partial charge in [-0.15, -0.1) is 0 Å². The zero-order valence-electron chi connectivity index (χ0n) is 12.2. The molecule has 1 aromatic rings. The predicted octanol–water partition coefficient (Wildman–Crippen LogP) is 2.63. The molecule has 1 aliphatic rings. The molecule has 1 aliphatic heterocycles. The second-order valence-corrected chi connectivity index (χ2v) is 5.63. The molecule has 2 N–H and O–H groups in total. The van der Waals surface area contributed by atoms with Crippen LogP contribution in [0.3, 0.4) is 0 Å². The van der Waals surface area contributed by atoms with E-state index < -0.39 is 16.6 Å². The van der Waals surface area contributed by atoms with E-state index in [9.17, 15) is 15.2 Å². The third-order valence-electron chi connectivity index (χ3n) is 3.01. The molecular formula is C13H17N5O3S. The predicted molar refractivity (Wildman–Crippen MR) is 85.3 cm³/mol. The lowest BCUT2D eigenvalue weighted by Gasteiger charge is -2.26. The number of azo groups is 1. The van der Waals surface area contributed by atoms with Crippen LogP contribution in [0, 0.1) is 10.1 Å². The zero-order chi connectivity index (χ0) is 16.1. The third kappa shape index (κ3) is 3.95. The van der Waals surface area contributed by atoms with E-state index in [1.54, 1.807) is 19.1 Å². The number of anilines is 1. The van der Waals surface area contributed by atoms with Gasteiger partial charge in [-0.3, -0.25) is 10.1 Å². The highest BCUT2D eigenvalue weighted by Crippen LogP contribution is 2.28. The van der Waals surface area contributed by atoms with E-state index >= 15 is 0 Å². The van der Waals surface area contributed by atoms with Crippen LogP contribution in [0.15, 0.2) is 45.7 Å². The van der Waals surface area contributed by atoms with E-state index in [1.807, 2.05) is 24.0 Å². The molecule has 2 rings (SSSR count). The molecule has 0 aromatic heterocycles. The van der Waals surface area contributed by atoms with Gasteiger partial charge in [-0.1, -0.05) is 0 Å². The summed E-state index contributed by atoms with van der Waals surface area (Å²) in [5.41, 5.74) is 1.05. The fourth-order valence-corrected chi connectivity index (χ4v) is 2.65. The maximum atomic E-state index is 10.6. The van der Waals surface area contributed by atoms with Crippen LogP contribution in [-0.2, 0) is 0 Å². The molecule has 9 heteroatoms. The van der Waals surface area contributed by atoms with E-state index in [1.165, 1.54) is 6.20 Å². The summed E-state index contributed by atoms with van der Waals surface area (Å²) in [7, 11) is 0. The fraction of sp³-hybridized carbons (Fsp3) is 0.385. The van der Waals surface area contributed by atoms with Crippen LogP contribution in [0.4, 0.5) is 11.4 Å². The minimum Gasteiger partial charge on any atom is -0.374 e. The van der Waals surface area contributed by atoms with Crippen molar-refractivity contribution in [1.82, 2.24) is 5.32 Å². The van der Waals surface area contributed by atoms with E-state index in [0.717, 1.165) is 17.4 Å². The molecule has 0 saturated heterocycles. The second kappa shape index (κ2) is 7.23. The number of nitrogens with zero attached hydrogens (tertiary/aromatic N) is 4. The molecule has 2 unspecified atom stereocenters. The molecule has 1 aromatic carbocycles. The number of rotatable bonds is 6. The number of thioether (sulfide) groups is 1. The first-order chi connectivity index (χ1) is 10.5. The summed E-state index contributed by atoms with van der Waals surface area (Å²) in [5.74, 6) is 0. The van der Waals surface area contributed by atoms with Crippen molar-refractivity contribution in [2.24, 2.45) is 10.2 Å². The van der Waals surface area contributed by atoms with E-state index in [4.69, 9.17) is 0 Å². The van der Waals surface area contributed by atoms with Gasteiger partial charge in [0.1, 0.15) is 6.23 Å². The summed E-state index contributed by atoms with van der Waals surface area (Å²) in [6, 6.07) is 7.26. The fourth-order valence-electron chi connectivity index (χ4n) is 1.97. The molecular weight excluding hydrogens is 306 g/mol. The first kappa shape index (κ1) is 16.2. The van der Waals surface area contributed by atoms with Crippen molar-refractivity contribution in [1.29, 1.82) is 0 Å². The normalized spacial score (nSPS) is 18.9. The summed E-state index contributed by atoms with van der Waals surface area (Å²) >= 11 is 1.00. The van der Waals surface area contributed by atoms with Crippen molar-refractivity contribution in [2.75, 3.05) is 11.4 Å². The topological polar surface area (TPSA) is 103 Å². The Balaban J connectivity index is 1.97. The minimum absolute atomic E-state index is 0.0230. The maximum Gasteiger partial charge on any atom is 0.322 e. The highest BCUT2D eigenvalue weighted by Gasteiger charge is 2.25. The average Bonchev–Trinajstić information content (AvgIpc) is 2.96. The van der Waals surface area contributed by atoms with Crippen LogP contribution in [0.5, 0.6) is 0 Å². The number of aliphatic hydroxyl groups excluding tert-OH is 1. The molecule has 2 atom stereocenters. The molecule has 8 nitrogen and oxygen atoms in total. The van der Waals surface area contributed by atoms with Gasteiger partial charge in [0.15, 0.2) is 5.50 Å². The number of hydrogen-bond donors (Lipinski definition) is 2. The maximum absolute atomic E-state index is 10.6. The summed E-state index contributed by atoms with van der Waals surface area (Å²) in [4.78, 5) is 12.0. The van der Waals surface area contributed by atoms with Crippen molar-refractivity contribution in [3.8, 4) is 0 Å². The lowest BCUT2D eigenvalue weighted by Crippen LogP contribution is -2.32. The van der Waals surface area contributed by atoms with Crippen molar-refractivity contribution < 1.29 is 10.0 Å². The number of benzene rings is 1. The van der Waals surface area contributed by atoms with Crippen LogP contribution < -0.4 is 10.2 Å². The van der Waals surface area contributed by atoms with Crippen molar-refractivity contribution in [3.63, 3.8) is 0 Å². The van der Waals surface area contributed by atoms with Crippen molar-refractivity contribution in [3.05, 3.63) is 45.6 Å². The highest BCUT2D eigenvalue weighted by molar-refractivity contribution is 8.03. The van der Waals surface area contributed by atoms with Crippen LogP contribution in [0.1, 0.15) is 13.8 Å². The number of nitrogens with one attached hydrogen (secondary N) is 1. The zero-order valence-corrected chi connectivity index (χ0v) is 13.0. The van der Waals surface area contributed by atoms with Crippen molar-refractivity contribution in [2.45, 2.75) is 25.6 Å². The second-order valence-electron chi connectivity index (χ2n) is 4.53. The Bertz CT molecular complexity index is 588. The Morgan fingerprint density at radius 1 is 1.50 bits per heavy atom. The molecule has 0 saturated carbocycles. The molecule has 0 amide bonds. The summed E-state index contributed by atoms with van der Waals surface area (Å²) in [6.45, 7) is 4.36. The molecule has 1 heterocycles. The van der Waals surface area contributed by atoms with Gasteiger partial charge in [0.05, 0.1) is 16.8 Å². The Kier molecular flexibility index (Phi) is 5.34. The Morgan fingerprint density at radius 3 is 2.68 bits per heavy atom. The average molecular weight is 323 g/mol. The Hall–Kier alpha value is -2.13. The molecule has 22 heavy (non-hydrogen) atoms. The van der Waals surface area contributed by atoms with Gasteiger partial charge in [0.25, 0.3) is 0 Å². The third-order valence-corrected chi connectivity index (χ3v) is 3.97. The smallest absolute Gasteiger partial charge is 0.322 e. The summed E-state index contributed by atoms with van der Waals surface area (Å²) < 4.78 is 0. The number of hydrogen-bond acceptors (Lipinski definition) is 8. The molecule has 0 radical (unpaired) electrons. The molecule has 0 spiro atoms. The van der Waals surface area contributed by atoms with E-state index in [0.29, 0.717) is 12.2 Å². The first-order valence-corrected chi connectivity index (χ1v) is 7.62. The SMILES string of the molecule is CCN(c1ccc(N=NC2NC=C([N+](=O)[O-])S2)cc1)C(C)O. The van der Waals surface area contributed by atoms with Gasteiger partial charge in [-0.05, 0) is 38.1 Å². The van der Waals surface area contributed by atoms with E-state index in [-0.39, 0.29) is 5.03 Å². The van der Waals surface area contributed by atoms with Gasteiger partial charge in [-0.25, -0.2) is 0 Å². The number of nitro groups is 1.